The lowest BCUT2D eigenvalue weighted by Gasteiger charge is -2.08. The van der Waals surface area contributed by atoms with Gasteiger partial charge in [0.15, 0.2) is 17.3 Å². The number of ether oxygens (including phenoxy) is 2. The van der Waals surface area contributed by atoms with Crippen molar-refractivity contribution in [3.63, 3.8) is 0 Å². The van der Waals surface area contributed by atoms with E-state index in [0.29, 0.717) is 12.4 Å². The van der Waals surface area contributed by atoms with E-state index in [1.807, 2.05) is 30.3 Å². The highest BCUT2D eigenvalue weighted by Gasteiger charge is 2.13. The number of hydrogen-bond acceptors (Lipinski definition) is 6. The van der Waals surface area contributed by atoms with Crippen LogP contribution < -0.4 is 14.8 Å². The fourth-order valence-electron chi connectivity index (χ4n) is 4.09. The number of aryl methyl sites for hydroxylation is 1. The molecule has 6 nitrogen and oxygen atoms in total. The van der Waals surface area contributed by atoms with Crippen LogP contribution in [0.5, 0.6) is 11.5 Å². The summed E-state index contributed by atoms with van der Waals surface area (Å²) in [4.78, 5) is 4.62. The fraction of sp³-hybridized carbons (Fsp3) is 0.481. The molecule has 2 heterocycles. The van der Waals surface area contributed by atoms with Gasteiger partial charge in [0.2, 0.25) is 6.79 Å². The number of aromatic nitrogens is 2. The maximum atomic E-state index is 5.54. The van der Waals surface area contributed by atoms with Gasteiger partial charge in [-0.05, 0) is 36.2 Å². The van der Waals surface area contributed by atoms with Crippen LogP contribution in [0.1, 0.15) is 76.1 Å². The van der Waals surface area contributed by atoms with Crippen molar-refractivity contribution in [2.45, 2.75) is 77.7 Å². The largest absolute Gasteiger partial charge is 0.454 e. The predicted octanol–water partition coefficient (Wildman–Crippen LogP) is 7.15. The minimum Gasteiger partial charge on any atom is -0.454 e. The third kappa shape index (κ3) is 6.98. The summed E-state index contributed by atoms with van der Waals surface area (Å²) < 4.78 is 16.4. The molecule has 0 spiro atoms. The first-order chi connectivity index (χ1) is 16.3. The van der Waals surface area contributed by atoms with Crippen LogP contribution in [0.25, 0.3) is 11.5 Å². The molecule has 1 aliphatic rings. The quantitative estimate of drug-likeness (QED) is 0.264. The molecular weight excluding hydrogens is 414 g/mol. The smallest absolute Gasteiger partial charge is 0.257 e. The van der Waals surface area contributed by atoms with Crippen LogP contribution in [0.2, 0.25) is 0 Å². The number of benzene rings is 2. The first kappa shape index (κ1) is 23.1. The van der Waals surface area contributed by atoms with Crippen molar-refractivity contribution in [3.8, 4) is 23.0 Å². The second-order valence-corrected chi connectivity index (χ2v) is 8.72. The summed E-state index contributed by atoms with van der Waals surface area (Å²) in [7, 11) is 0. The van der Waals surface area contributed by atoms with Crippen LogP contribution in [0.15, 0.2) is 47.0 Å². The van der Waals surface area contributed by atoms with E-state index in [1.165, 1.54) is 51.4 Å². The molecule has 0 aliphatic carbocycles. The molecule has 6 heteroatoms. The number of fused-ring (bicyclic) bond motifs is 1. The molecular formula is C27H35N3O3. The van der Waals surface area contributed by atoms with E-state index >= 15 is 0 Å². The molecule has 0 unspecified atom stereocenters. The number of unbranched alkanes of at least 4 members (excludes halogenated alkanes) is 8. The van der Waals surface area contributed by atoms with Crippen molar-refractivity contribution in [3.05, 3.63) is 53.9 Å². The Balaban J connectivity index is 1.21. The molecule has 0 saturated heterocycles. The van der Waals surface area contributed by atoms with E-state index in [2.05, 4.69) is 34.5 Å². The molecule has 0 amide bonds. The Labute approximate surface area is 196 Å². The van der Waals surface area contributed by atoms with Gasteiger partial charge in [-0.2, -0.15) is 4.98 Å². The zero-order valence-electron chi connectivity index (χ0n) is 19.6. The molecule has 1 aliphatic heterocycles. The summed E-state index contributed by atoms with van der Waals surface area (Å²) in [5.41, 5.74) is 3.08. The second kappa shape index (κ2) is 12.3. The first-order valence-corrected chi connectivity index (χ1v) is 12.4. The van der Waals surface area contributed by atoms with Crippen LogP contribution in [0.4, 0.5) is 5.69 Å². The Bertz CT molecular complexity index is 1000. The van der Waals surface area contributed by atoms with Gasteiger partial charge in [0.25, 0.3) is 5.89 Å². The number of anilines is 1. The molecule has 33 heavy (non-hydrogen) atoms. The van der Waals surface area contributed by atoms with Gasteiger partial charge in [0.05, 0.1) is 0 Å². The molecule has 4 rings (SSSR count). The van der Waals surface area contributed by atoms with Gasteiger partial charge in [-0.25, -0.2) is 0 Å². The van der Waals surface area contributed by atoms with Crippen LogP contribution in [-0.2, 0) is 13.0 Å². The number of rotatable bonds is 14. The van der Waals surface area contributed by atoms with Gasteiger partial charge >= 0.3 is 0 Å². The molecule has 0 fully saturated rings. The van der Waals surface area contributed by atoms with Crippen molar-refractivity contribution in [2.24, 2.45) is 0 Å². The maximum absolute atomic E-state index is 5.54. The number of nitrogens with zero attached hydrogens (tertiary/aromatic N) is 2. The Hall–Kier alpha value is -3.02. The lowest BCUT2D eigenvalue weighted by Crippen LogP contribution is -1.99. The average Bonchev–Trinajstić information content (AvgIpc) is 3.51. The monoisotopic (exact) mass is 449 g/mol. The Morgan fingerprint density at radius 3 is 2.48 bits per heavy atom. The summed E-state index contributed by atoms with van der Waals surface area (Å²) in [5.74, 6) is 2.96. The third-order valence-corrected chi connectivity index (χ3v) is 6.02. The first-order valence-electron chi connectivity index (χ1n) is 12.4. The summed E-state index contributed by atoms with van der Waals surface area (Å²) in [6.45, 7) is 3.24. The summed E-state index contributed by atoms with van der Waals surface area (Å²) >= 11 is 0. The fourth-order valence-corrected chi connectivity index (χ4v) is 4.09. The van der Waals surface area contributed by atoms with E-state index in [-0.39, 0.29) is 6.79 Å². The van der Waals surface area contributed by atoms with Crippen molar-refractivity contribution in [1.82, 2.24) is 10.1 Å². The van der Waals surface area contributed by atoms with Crippen molar-refractivity contribution < 1.29 is 14.0 Å². The molecule has 2 aromatic carbocycles. The highest BCUT2D eigenvalue weighted by molar-refractivity contribution is 5.57. The zero-order valence-corrected chi connectivity index (χ0v) is 19.6. The summed E-state index contributed by atoms with van der Waals surface area (Å²) in [6.07, 6.45) is 12.7. The van der Waals surface area contributed by atoms with Crippen LogP contribution in [-0.4, -0.2) is 16.9 Å². The van der Waals surface area contributed by atoms with Gasteiger partial charge in [-0.3, -0.25) is 0 Å². The summed E-state index contributed by atoms with van der Waals surface area (Å²) in [5, 5.41) is 7.62. The van der Waals surface area contributed by atoms with Crippen LogP contribution in [0.3, 0.4) is 0 Å². The van der Waals surface area contributed by atoms with Crippen molar-refractivity contribution >= 4 is 5.69 Å². The Kier molecular flexibility index (Phi) is 8.62. The molecule has 176 valence electrons. The molecule has 0 radical (unpaired) electrons. The predicted molar refractivity (Wildman–Crippen MR) is 131 cm³/mol. The van der Waals surface area contributed by atoms with Crippen molar-refractivity contribution in [2.75, 3.05) is 12.1 Å². The molecule has 0 atom stereocenters. The van der Waals surface area contributed by atoms with Crippen LogP contribution >= 0.6 is 0 Å². The van der Waals surface area contributed by atoms with Gasteiger partial charge < -0.3 is 19.3 Å². The topological polar surface area (TPSA) is 69.4 Å². The van der Waals surface area contributed by atoms with E-state index in [1.54, 1.807) is 0 Å². The standard InChI is InChI=1S/C27H35N3O3/c1-2-3-4-5-6-7-8-9-10-14-26-29-27(33-30-26)22-13-11-12-21(17-22)19-28-23-15-16-24-25(18-23)32-20-31-24/h11-13,15-18,28H,2-10,14,19-20H2,1H3. The van der Waals surface area contributed by atoms with E-state index in [4.69, 9.17) is 14.0 Å². The normalized spacial score (nSPS) is 12.3. The summed E-state index contributed by atoms with van der Waals surface area (Å²) in [6, 6.07) is 14.1. The van der Waals surface area contributed by atoms with Gasteiger partial charge in [-0.15, -0.1) is 0 Å². The maximum Gasteiger partial charge on any atom is 0.257 e. The molecule has 3 aromatic rings. The van der Waals surface area contributed by atoms with E-state index in [0.717, 1.165) is 47.0 Å². The third-order valence-electron chi connectivity index (χ3n) is 6.02. The SMILES string of the molecule is CCCCCCCCCCCc1noc(-c2cccc(CNc3ccc4c(c3)OCO4)c2)n1. The Morgan fingerprint density at radius 1 is 0.848 bits per heavy atom. The highest BCUT2D eigenvalue weighted by Crippen LogP contribution is 2.34. The van der Waals surface area contributed by atoms with Gasteiger partial charge in [0, 0.05) is 30.3 Å². The van der Waals surface area contributed by atoms with Gasteiger partial charge in [-0.1, -0.05) is 75.6 Å². The minimum absolute atomic E-state index is 0.284. The van der Waals surface area contributed by atoms with Crippen molar-refractivity contribution in [1.29, 1.82) is 0 Å². The van der Waals surface area contributed by atoms with E-state index in [9.17, 15) is 0 Å². The lowest BCUT2D eigenvalue weighted by molar-refractivity contribution is 0.174. The van der Waals surface area contributed by atoms with E-state index < -0.39 is 0 Å². The average molecular weight is 450 g/mol. The second-order valence-electron chi connectivity index (χ2n) is 8.72. The van der Waals surface area contributed by atoms with Gasteiger partial charge in [0.1, 0.15) is 0 Å². The number of hydrogen-bond donors (Lipinski definition) is 1. The molecule has 0 saturated carbocycles. The number of nitrogens with one attached hydrogen (secondary N) is 1. The zero-order chi connectivity index (χ0) is 22.7. The highest BCUT2D eigenvalue weighted by atomic mass is 16.7. The lowest BCUT2D eigenvalue weighted by atomic mass is 10.1. The molecule has 1 aromatic heterocycles. The molecule has 1 N–H and O–H groups in total. The van der Waals surface area contributed by atoms with Crippen LogP contribution in [0, 0.1) is 0 Å². The minimum atomic E-state index is 0.284. The Morgan fingerprint density at radius 2 is 1.64 bits per heavy atom. The molecule has 0 bridgehead atoms.